The van der Waals surface area contributed by atoms with Gasteiger partial charge < -0.3 is 5.32 Å². The molecule has 0 fully saturated rings. The topological polar surface area (TPSA) is 60.6 Å². The second-order valence-electron chi connectivity index (χ2n) is 3.43. The summed E-state index contributed by atoms with van der Waals surface area (Å²) in [5.74, 6) is 0. The molecule has 0 aliphatic heterocycles. The number of rotatable bonds is 4. The minimum absolute atomic E-state index is 0.750. The molecular weight excluding hydrogens is 192 g/mol. The van der Waals surface area contributed by atoms with Crippen LogP contribution in [0.15, 0.2) is 18.5 Å². The summed E-state index contributed by atoms with van der Waals surface area (Å²) < 4.78 is 3.55. The first-order valence-electron chi connectivity index (χ1n) is 4.78. The Balaban J connectivity index is 1.83. The van der Waals surface area contributed by atoms with Crippen molar-refractivity contribution in [3.8, 4) is 0 Å². The van der Waals surface area contributed by atoms with Crippen LogP contribution in [0.3, 0.4) is 0 Å². The van der Waals surface area contributed by atoms with Crippen molar-refractivity contribution in [2.24, 2.45) is 14.1 Å². The zero-order valence-corrected chi connectivity index (χ0v) is 8.88. The summed E-state index contributed by atoms with van der Waals surface area (Å²) in [6.45, 7) is 1.51. The lowest BCUT2D eigenvalue weighted by molar-refractivity contribution is 0.605. The molecule has 0 radical (unpaired) electrons. The highest BCUT2D eigenvalue weighted by atomic mass is 15.4. The van der Waals surface area contributed by atoms with Gasteiger partial charge >= 0.3 is 0 Å². The zero-order valence-electron chi connectivity index (χ0n) is 8.88. The Bertz CT molecular complexity index is 429. The molecule has 0 aliphatic rings. The maximum Gasteiger partial charge on any atom is 0.0762 e. The van der Waals surface area contributed by atoms with Gasteiger partial charge in [0, 0.05) is 33.4 Å². The Hall–Kier alpha value is -1.69. The number of nitrogens with one attached hydrogen (secondary N) is 1. The van der Waals surface area contributed by atoms with Gasteiger partial charge in [0.2, 0.25) is 0 Å². The SMILES string of the molecule is Cn1ccc(CNCc2cnnn2C)n1. The fourth-order valence-electron chi connectivity index (χ4n) is 1.35. The molecule has 0 aromatic carbocycles. The van der Waals surface area contributed by atoms with Gasteiger partial charge in [-0.1, -0.05) is 5.21 Å². The van der Waals surface area contributed by atoms with Crippen LogP contribution in [0, 0.1) is 0 Å². The molecule has 0 spiro atoms. The van der Waals surface area contributed by atoms with Crippen molar-refractivity contribution in [1.29, 1.82) is 0 Å². The van der Waals surface area contributed by atoms with Gasteiger partial charge in [0.25, 0.3) is 0 Å². The van der Waals surface area contributed by atoms with E-state index in [2.05, 4.69) is 20.7 Å². The number of aryl methyl sites for hydroxylation is 2. The summed E-state index contributed by atoms with van der Waals surface area (Å²) in [5, 5.41) is 15.2. The summed E-state index contributed by atoms with van der Waals surface area (Å²) in [6, 6.07) is 1.99. The van der Waals surface area contributed by atoms with Crippen molar-refractivity contribution < 1.29 is 0 Å². The summed E-state index contributed by atoms with van der Waals surface area (Å²) in [5.41, 5.74) is 2.10. The highest BCUT2D eigenvalue weighted by Crippen LogP contribution is 1.96. The highest BCUT2D eigenvalue weighted by Gasteiger charge is 2.00. The molecule has 2 aromatic heterocycles. The average Bonchev–Trinajstić information content (AvgIpc) is 2.77. The first kappa shape index (κ1) is 9.85. The smallest absolute Gasteiger partial charge is 0.0762 e. The molecular formula is C9H14N6. The first-order chi connectivity index (χ1) is 7.25. The van der Waals surface area contributed by atoms with E-state index in [1.807, 2.05) is 26.4 Å². The van der Waals surface area contributed by atoms with Gasteiger partial charge in [-0.2, -0.15) is 5.10 Å². The molecule has 0 saturated heterocycles. The summed E-state index contributed by atoms with van der Waals surface area (Å²) in [4.78, 5) is 0. The summed E-state index contributed by atoms with van der Waals surface area (Å²) >= 11 is 0. The normalized spacial score (nSPS) is 10.8. The minimum atomic E-state index is 0.750. The van der Waals surface area contributed by atoms with Crippen molar-refractivity contribution in [2.75, 3.05) is 0 Å². The Morgan fingerprint density at radius 1 is 1.33 bits per heavy atom. The van der Waals surface area contributed by atoms with Crippen LogP contribution in [0.1, 0.15) is 11.4 Å². The largest absolute Gasteiger partial charge is 0.305 e. The zero-order chi connectivity index (χ0) is 10.7. The lowest BCUT2D eigenvalue weighted by Crippen LogP contribution is -2.15. The average molecular weight is 206 g/mol. The van der Waals surface area contributed by atoms with Crippen LogP contribution in [-0.4, -0.2) is 24.8 Å². The van der Waals surface area contributed by atoms with Crippen molar-refractivity contribution in [3.63, 3.8) is 0 Å². The molecule has 15 heavy (non-hydrogen) atoms. The predicted octanol–water partition coefficient (Wildman–Crippen LogP) is -0.162. The molecule has 6 nitrogen and oxygen atoms in total. The quantitative estimate of drug-likeness (QED) is 0.755. The number of nitrogens with zero attached hydrogens (tertiary/aromatic N) is 5. The summed E-state index contributed by atoms with van der Waals surface area (Å²) in [7, 11) is 3.79. The molecule has 2 heterocycles. The maximum absolute atomic E-state index is 4.27. The van der Waals surface area contributed by atoms with Crippen LogP contribution >= 0.6 is 0 Å². The minimum Gasteiger partial charge on any atom is -0.305 e. The Morgan fingerprint density at radius 3 is 2.80 bits per heavy atom. The molecule has 6 heteroatoms. The second kappa shape index (κ2) is 4.22. The van der Waals surface area contributed by atoms with Gasteiger partial charge in [-0.3, -0.25) is 9.36 Å². The van der Waals surface area contributed by atoms with E-state index in [9.17, 15) is 0 Å². The van der Waals surface area contributed by atoms with E-state index in [1.165, 1.54) is 0 Å². The lowest BCUT2D eigenvalue weighted by atomic mass is 10.4. The van der Waals surface area contributed by atoms with Crippen LogP contribution in [-0.2, 0) is 27.2 Å². The molecule has 0 amide bonds. The lowest BCUT2D eigenvalue weighted by Gasteiger charge is -2.01. The standard InChI is InChI=1S/C9H14N6/c1-14-4-3-8(12-14)5-10-6-9-7-11-13-15(9)2/h3-4,7,10H,5-6H2,1-2H3. The fourth-order valence-corrected chi connectivity index (χ4v) is 1.35. The number of hydrogen-bond donors (Lipinski definition) is 1. The van der Waals surface area contributed by atoms with Crippen molar-refractivity contribution in [2.45, 2.75) is 13.1 Å². The molecule has 0 bridgehead atoms. The van der Waals surface area contributed by atoms with E-state index in [0.717, 1.165) is 24.5 Å². The van der Waals surface area contributed by atoms with E-state index >= 15 is 0 Å². The van der Waals surface area contributed by atoms with Gasteiger partial charge in [0.05, 0.1) is 17.6 Å². The van der Waals surface area contributed by atoms with Crippen LogP contribution in [0.5, 0.6) is 0 Å². The third-order valence-electron chi connectivity index (χ3n) is 2.19. The third kappa shape index (κ3) is 2.41. The van der Waals surface area contributed by atoms with Crippen LogP contribution < -0.4 is 5.32 Å². The molecule has 0 unspecified atom stereocenters. The summed E-state index contributed by atoms with van der Waals surface area (Å²) in [6.07, 6.45) is 3.69. The molecule has 1 N–H and O–H groups in total. The first-order valence-corrected chi connectivity index (χ1v) is 4.78. The number of aromatic nitrogens is 5. The van der Waals surface area contributed by atoms with Gasteiger partial charge in [0.1, 0.15) is 0 Å². The van der Waals surface area contributed by atoms with Gasteiger partial charge in [-0.15, -0.1) is 5.10 Å². The Kier molecular flexibility index (Phi) is 2.77. The van der Waals surface area contributed by atoms with E-state index in [1.54, 1.807) is 15.6 Å². The second-order valence-corrected chi connectivity index (χ2v) is 3.43. The van der Waals surface area contributed by atoms with Crippen molar-refractivity contribution in [1.82, 2.24) is 30.1 Å². The number of hydrogen-bond acceptors (Lipinski definition) is 4. The van der Waals surface area contributed by atoms with Gasteiger partial charge in [-0.25, -0.2) is 0 Å². The van der Waals surface area contributed by atoms with Crippen LogP contribution in [0.4, 0.5) is 0 Å². The molecule has 0 aliphatic carbocycles. The molecule has 2 rings (SSSR count). The predicted molar refractivity (Wildman–Crippen MR) is 54.8 cm³/mol. The highest BCUT2D eigenvalue weighted by molar-refractivity contribution is 4.99. The molecule has 0 atom stereocenters. The fraction of sp³-hybridized carbons (Fsp3) is 0.444. The Morgan fingerprint density at radius 2 is 2.20 bits per heavy atom. The van der Waals surface area contributed by atoms with Crippen LogP contribution in [0.2, 0.25) is 0 Å². The molecule has 80 valence electrons. The van der Waals surface area contributed by atoms with Gasteiger partial charge in [-0.05, 0) is 6.07 Å². The maximum atomic E-state index is 4.27. The van der Waals surface area contributed by atoms with E-state index in [-0.39, 0.29) is 0 Å². The van der Waals surface area contributed by atoms with E-state index < -0.39 is 0 Å². The van der Waals surface area contributed by atoms with Crippen LogP contribution in [0.25, 0.3) is 0 Å². The molecule has 0 saturated carbocycles. The van der Waals surface area contributed by atoms with Crippen molar-refractivity contribution in [3.05, 3.63) is 29.8 Å². The monoisotopic (exact) mass is 206 g/mol. The third-order valence-corrected chi connectivity index (χ3v) is 2.19. The van der Waals surface area contributed by atoms with Crippen molar-refractivity contribution >= 4 is 0 Å². The van der Waals surface area contributed by atoms with E-state index in [0.29, 0.717) is 0 Å². The van der Waals surface area contributed by atoms with Gasteiger partial charge in [0.15, 0.2) is 0 Å². The van der Waals surface area contributed by atoms with E-state index in [4.69, 9.17) is 0 Å². The molecule has 2 aromatic rings. The Labute approximate surface area is 87.9 Å².